The van der Waals surface area contributed by atoms with Gasteiger partial charge in [0, 0.05) is 45.1 Å². The number of H-pyrrole nitrogens is 2. The van der Waals surface area contributed by atoms with Crippen LogP contribution in [0, 0.1) is 12.3 Å². The number of hydrogen-bond acceptors (Lipinski definition) is 7. The van der Waals surface area contributed by atoms with Crippen LogP contribution >= 0.6 is 11.3 Å². The number of pyridine rings is 3. The number of nitrogens with zero attached hydrogens (tertiary/aromatic N) is 5. The molecule has 0 atom stereocenters. The van der Waals surface area contributed by atoms with Gasteiger partial charge in [-0.3, -0.25) is 24.8 Å². The number of thiophene rings is 1. The topological polar surface area (TPSA) is 125 Å². The second kappa shape index (κ2) is 9.14. The lowest BCUT2D eigenvalue weighted by atomic mass is 9.92. The summed E-state index contributed by atoms with van der Waals surface area (Å²) < 4.78 is 0. The normalized spacial score (nSPS) is 11.9. The second-order valence-corrected chi connectivity index (χ2v) is 11.8. The van der Waals surface area contributed by atoms with Crippen LogP contribution in [0.4, 0.5) is 5.69 Å². The number of imidazole rings is 1. The number of aryl methyl sites for hydroxylation is 1. The lowest BCUT2D eigenvalue weighted by molar-refractivity contribution is -0.117. The molecule has 6 aromatic rings. The van der Waals surface area contributed by atoms with Crippen LogP contribution in [0.1, 0.15) is 32.1 Å². The summed E-state index contributed by atoms with van der Waals surface area (Å²) in [5.74, 6) is 0.598. The maximum absolute atomic E-state index is 12.4. The van der Waals surface area contributed by atoms with Gasteiger partial charge in [0.2, 0.25) is 5.91 Å². The van der Waals surface area contributed by atoms with Gasteiger partial charge in [-0.1, -0.05) is 20.8 Å². The predicted molar refractivity (Wildman–Crippen MR) is 151 cm³/mol. The standard InChI is InChI=1S/C28H26N8OS/c1-15-5-6-23(38-15)19-12-30-13-22-25(19)34-27(33-22)26-18-8-20(31-14-21(18)35-36-26)16-7-17(11-29-10-16)32-24(37)9-28(2,3)4/h5-8,10-14H,9H2,1-4H3,(H,32,37)(H,33,34)(H,35,36). The molecule has 10 heteroatoms. The van der Waals surface area contributed by atoms with Gasteiger partial charge in [-0.15, -0.1) is 11.3 Å². The molecule has 190 valence electrons. The van der Waals surface area contributed by atoms with Crippen molar-refractivity contribution in [1.82, 2.24) is 35.1 Å². The summed E-state index contributed by atoms with van der Waals surface area (Å²) in [5, 5.41) is 11.4. The number of aromatic amines is 2. The van der Waals surface area contributed by atoms with Crippen molar-refractivity contribution < 1.29 is 4.79 Å². The highest BCUT2D eigenvalue weighted by molar-refractivity contribution is 7.15. The molecule has 0 spiro atoms. The van der Waals surface area contributed by atoms with Crippen LogP contribution in [0.2, 0.25) is 0 Å². The first-order valence-corrected chi connectivity index (χ1v) is 13.1. The fraction of sp³-hybridized carbons (Fsp3) is 0.214. The van der Waals surface area contributed by atoms with E-state index in [1.165, 1.54) is 4.88 Å². The molecule has 6 rings (SSSR count). The van der Waals surface area contributed by atoms with Crippen molar-refractivity contribution >= 4 is 44.9 Å². The molecule has 9 nitrogen and oxygen atoms in total. The Balaban J connectivity index is 1.36. The molecule has 0 saturated heterocycles. The van der Waals surface area contributed by atoms with E-state index in [0.717, 1.165) is 37.9 Å². The number of carbonyl (C=O) groups is 1. The van der Waals surface area contributed by atoms with Gasteiger partial charge in [0.15, 0.2) is 5.82 Å². The lowest BCUT2D eigenvalue weighted by Crippen LogP contribution is -2.19. The van der Waals surface area contributed by atoms with Crippen LogP contribution in [0.25, 0.3) is 55.2 Å². The summed E-state index contributed by atoms with van der Waals surface area (Å²) in [6, 6.07) is 8.03. The molecule has 6 heterocycles. The molecule has 0 fully saturated rings. The molecular weight excluding hydrogens is 496 g/mol. The van der Waals surface area contributed by atoms with Crippen molar-refractivity contribution in [1.29, 1.82) is 0 Å². The molecule has 0 aliphatic carbocycles. The SMILES string of the molecule is Cc1ccc(-c2cncc3[nH]c(-c4n[nH]c5cnc(-c6cncc(NC(=O)CC(C)(C)C)c6)cc45)nc23)s1. The zero-order valence-electron chi connectivity index (χ0n) is 21.5. The fourth-order valence-corrected chi connectivity index (χ4v) is 5.27. The van der Waals surface area contributed by atoms with E-state index in [0.29, 0.717) is 29.3 Å². The van der Waals surface area contributed by atoms with Crippen molar-refractivity contribution in [2.45, 2.75) is 34.1 Å². The van der Waals surface area contributed by atoms with E-state index in [4.69, 9.17) is 4.98 Å². The van der Waals surface area contributed by atoms with Crippen molar-refractivity contribution in [2.75, 3.05) is 5.32 Å². The minimum Gasteiger partial charge on any atom is -0.335 e. The molecule has 0 bridgehead atoms. The van der Waals surface area contributed by atoms with Crippen molar-refractivity contribution in [3.05, 3.63) is 60.1 Å². The van der Waals surface area contributed by atoms with Crippen LogP contribution in [-0.4, -0.2) is 41.0 Å². The molecule has 0 aliphatic heterocycles. The molecular formula is C28H26N8OS. The first-order chi connectivity index (χ1) is 18.2. The average molecular weight is 523 g/mol. The molecule has 3 N–H and O–H groups in total. The Labute approximate surface area is 222 Å². The van der Waals surface area contributed by atoms with Crippen molar-refractivity contribution in [3.8, 4) is 33.2 Å². The van der Waals surface area contributed by atoms with Gasteiger partial charge in [-0.25, -0.2) is 4.98 Å². The Morgan fingerprint density at radius 2 is 1.87 bits per heavy atom. The molecule has 0 unspecified atom stereocenters. The van der Waals surface area contributed by atoms with E-state index in [1.54, 1.807) is 36.1 Å². The van der Waals surface area contributed by atoms with E-state index in [-0.39, 0.29) is 11.3 Å². The number of fused-ring (bicyclic) bond motifs is 2. The van der Waals surface area contributed by atoms with E-state index >= 15 is 0 Å². The number of nitrogens with one attached hydrogen (secondary N) is 3. The van der Waals surface area contributed by atoms with Crippen LogP contribution in [-0.2, 0) is 4.79 Å². The zero-order valence-corrected chi connectivity index (χ0v) is 22.3. The molecule has 0 saturated carbocycles. The number of aromatic nitrogens is 7. The quantitative estimate of drug-likeness (QED) is 0.242. The number of carbonyl (C=O) groups excluding carboxylic acids is 1. The highest BCUT2D eigenvalue weighted by atomic mass is 32.1. The third kappa shape index (κ3) is 4.66. The van der Waals surface area contributed by atoms with Gasteiger partial charge >= 0.3 is 0 Å². The highest BCUT2D eigenvalue weighted by Gasteiger charge is 2.18. The van der Waals surface area contributed by atoms with Crippen LogP contribution < -0.4 is 5.32 Å². The highest BCUT2D eigenvalue weighted by Crippen LogP contribution is 2.34. The second-order valence-electron chi connectivity index (χ2n) is 10.5. The summed E-state index contributed by atoms with van der Waals surface area (Å²) in [7, 11) is 0. The number of anilines is 1. The van der Waals surface area contributed by atoms with Gasteiger partial charge in [-0.2, -0.15) is 5.10 Å². The minimum atomic E-state index is -0.102. The summed E-state index contributed by atoms with van der Waals surface area (Å²) in [4.78, 5) is 36.4. The van der Waals surface area contributed by atoms with Gasteiger partial charge in [0.25, 0.3) is 0 Å². The number of amides is 1. The van der Waals surface area contributed by atoms with Gasteiger partial charge in [0.05, 0.1) is 41.0 Å². The molecule has 0 aliphatic rings. The Morgan fingerprint density at radius 1 is 1.03 bits per heavy atom. The van der Waals surface area contributed by atoms with E-state index < -0.39 is 0 Å². The molecule has 0 radical (unpaired) electrons. The van der Waals surface area contributed by atoms with Gasteiger partial charge in [-0.05, 0) is 36.6 Å². The number of rotatable bonds is 5. The first kappa shape index (κ1) is 23.9. The average Bonchev–Trinajstić information content (AvgIpc) is 3.60. The van der Waals surface area contributed by atoms with Crippen molar-refractivity contribution in [2.24, 2.45) is 5.41 Å². The van der Waals surface area contributed by atoms with Gasteiger partial charge < -0.3 is 10.3 Å². The van der Waals surface area contributed by atoms with Crippen LogP contribution in [0.5, 0.6) is 0 Å². The van der Waals surface area contributed by atoms with E-state index in [2.05, 4.69) is 54.5 Å². The Morgan fingerprint density at radius 3 is 2.66 bits per heavy atom. The van der Waals surface area contributed by atoms with E-state index in [9.17, 15) is 4.79 Å². The predicted octanol–water partition coefficient (Wildman–Crippen LogP) is 6.37. The molecule has 6 aromatic heterocycles. The molecule has 0 aromatic carbocycles. The monoisotopic (exact) mass is 522 g/mol. The number of hydrogen-bond donors (Lipinski definition) is 3. The van der Waals surface area contributed by atoms with Crippen LogP contribution in [0.15, 0.2) is 55.2 Å². The van der Waals surface area contributed by atoms with Gasteiger partial charge in [0.1, 0.15) is 11.2 Å². The Bertz CT molecular complexity index is 1810. The largest absolute Gasteiger partial charge is 0.335 e. The smallest absolute Gasteiger partial charge is 0.224 e. The first-order valence-electron chi connectivity index (χ1n) is 12.2. The molecule has 38 heavy (non-hydrogen) atoms. The van der Waals surface area contributed by atoms with Crippen LogP contribution in [0.3, 0.4) is 0 Å². The molecule has 1 amide bonds. The maximum Gasteiger partial charge on any atom is 0.224 e. The lowest BCUT2D eigenvalue weighted by Gasteiger charge is -2.17. The summed E-state index contributed by atoms with van der Waals surface area (Å²) in [6.07, 6.45) is 9.17. The summed E-state index contributed by atoms with van der Waals surface area (Å²) >= 11 is 1.72. The minimum absolute atomic E-state index is 0.0477. The third-order valence-corrected chi connectivity index (χ3v) is 7.11. The fourth-order valence-electron chi connectivity index (χ4n) is 4.40. The third-order valence-electron chi connectivity index (χ3n) is 6.08. The maximum atomic E-state index is 12.4. The van der Waals surface area contributed by atoms with E-state index in [1.807, 2.05) is 39.1 Å². The Kier molecular flexibility index (Phi) is 5.76. The summed E-state index contributed by atoms with van der Waals surface area (Å²) in [6.45, 7) is 8.19. The zero-order chi connectivity index (χ0) is 26.4. The van der Waals surface area contributed by atoms with Crippen molar-refractivity contribution in [3.63, 3.8) is 0 Å². The Hall–Kier alpha value is -4.44. The summed E-state index contributed by atoms with van der Waals surface area (Å²) in [5.41, 5.74) is 6.20.